The van der Waals surface area contributed by atoms with Crippen LogP contribution in [0.2, 0.25) is 0 Å². The van der Waals surface area contributed by atoms with Gasteiger partial charge in [0, 0.05) is 31.3 Å². The lowest BCUT2D eigenvalue weighted by Gasteiger charge is -2.28. The summed E-state index contributed by atoms with van der Waals surface area (Å²) in [5, 5.41) is 12.3. The van der Waals surface area contributed by atoms with Crippen molar-refractivity contribution in [1.29, 1.82) is 0 Å². The van der Waals surface area contributed by atoms with Crippen molar-refractivity contribution in [1.82, 2.24) is 0 Å². The lowest BCUT2D eigenvalue weighted by atomic mass is 9.97. The molecule has 0 unspecified atom stereocenters. The molecule has 3 heteroatoms. The van der Waals surface area contributed by atoms with Gasteiger partial charge in [-0.1, -0.05) is 18.1 Å². The number of fused-ring (bicyclic) bond motifs is 1. The summed E-state index contributed by atoms with van der Waals surface area (Å²) in [5.74, 6) is 0. The largest absolute Gasteiger partial charge is 0.411 e. The van der Waals surface area contributed by atoms with Crippen molar-refractivity contribution < 1.29 is 5.21 Å². The van der Waals surface area contributed by atoms with Crippen LogP contribution in [-0.2, 0) is 6.42 Å². The first kappa shape index (κ1) is 10.0. The fourth-order valence-electron chi connectivity index (χ4n) is 2.00. The van der Waals surface area contributed by atoms with Crippen LogP contribution in [0.15, 0.2) is 23.4 Å². The molecule has 0 fully saturated rings. The van der Waals surface area contributed by atoms with E-state index in [1.165, 1.54) is 5.56 Å². The fourth-order valence-corrected chi connectivity index (χ4v) is 2.00. The van der Waals surface area contributed by atoms with E-state index in [-0.39, 0.29) is 0 Å². The summed E-state index contributed by atoms with van der Waals surface area (Å²) < 4.78 is 0. The third kappa shape index (κ3) is 1.69. The summed E-state index contributed by atoms with van der Waals surface area (Å²) in [6.07, 6.45) is 1.82. The molecule has 3 nitrogen and oxygen atoms in total. The Morgan fingerprint density at radius 2 is 2.27 bits per heavy atom. The molecule has 0 atom stereocenters. The van der Waals surface area contributed by atoms with Crippen LogP contribution < -0.4 is 4.90 Å². The summed E-state index contributed by atoms with van der Waals surface area (Å²) in [6.45, 7) is 3.04. The van der Waals surface area contributed by atoms with Gasteiger partial charge >= 0.3 is 0 Å². The first-order valence-electron chi connectivity index (χ1n) is 5.31. The number of anilines is 1. The highest BCUT2D eigenvalue weighted by Gasteiger charge is 2.19. The summed E-state index contributed by atoms with van der Waals surface area (Å²) in [5.41, 5.74) is 4.32. The highest BCUT2D eigenvalue weighted by Crippen LogP contribution is 2.27. The summed E-state index contributed by atoms with van der Waals surface area (Å²) in [6, 6.07) is 6.37. The molecule has 1 N–H and O–H groups in total. The van der Waals surface area contributed by atoms with Crippen molar-refractivity contribution in [2.75, 3.05) is 18.5 Å². The van der Waals surface area contributed by atoms with Crippen LogP contribution in [0.1, 0.15) is 24.5 Å². The van der Waals surface area contributed by atoms with Crippen molar-refractivity contribution in [3.63, 3.8) is 0 Å². The molecule has 0 bridgehead atoms. The summed E-state index contributed by atoms with van der Waals surface area (Å²) in [7, 11) is 2.07. The van der Waals surface area contributed by atoms with E-state index >= 15 is 0 Å². The number of oxime groups is 1. The van der Waals surface area contributed by atoms with Crippen molar-refractivity contribution in [3.8, 4) is 0 Å². The van der Waals surface area contributed by atoms with Gasteiger partial charge in [-0.05, 0) is 24.1 Å². The molecular formula is C12H16N2O. The maximum atomic E-state index is 8.96. The Bertz CT molecular complexity index is 399. The van der Waals surface area contributed by atoms with Crippen LogP contribution in [0.5, 0.6) is 0 Å². The predicted molar refractivity (Wildman–Crippen MR) is 62.0 cm³/mol. The molecule has 1 aromatic rings. The number of hydrogen-bond donors (Lipinski definition) is 1. The zero-order chi connectivity index (χ0) is 10.8. The molecule has 0 saturated carbocycles. The lowest BCUT2D eigenvalue weighted by Crippen LogP contribution is -2.28. The maximum Gasteiger partial charge on any atom is 0.0906 e. The number of hydrogen-bond acceptors (Lipinski definition) is 3. The van der Waals surface area contributed by atoms with Crippen LogP contribution in [0, 0.1) is 0 Å². The molecule has 1 heterocycles. The molecule has 80 valence electrons. The van der Waals surface area contributed by atoms with Gasteiger partial charge in [-0.15, -0.1) is 0 Å². The second-order valence-corrected chi connectivity index (χ2v) is 3.92. The molecule has 0 radical (unpaired) electrons. The van der Waals surface area contributed by atoms with Gasteiger partial charge in [0.25, 0.3) is 0 Å². The van der Waals surface area contributed by atoms with Crippen LogP contribution in [0.3, 0.4) is 0 Å². The normalized spacial score (nSPS) is 18.0. The van der Waals surface area contributed by atoms with Gasteiger partial charge in [-0.3, -0.25) is 0 Å². The van der Waals surface area contributed by atoms with E-state index in [0.717, 1.165) is 36.3 Å². The topological polar surface area (TPSA) is 35.8 Å². The molecular weight excluding hydrogens is 188 g/mol. The van der Waals surface area contributed by atoms with Crippen LogP contribution in [-0.4, -0.2) is 24.5 Å². The summed E-state index contributed by atoms with van der Waals surface area (Å²) in [4.78, 5) is 2.20. The Hall–Kier alpha value is -1.51. The van der Waals surface area contributed by atoms with Crippen LogP contribution in [0.25, 0.3) is 0 Å². The number of nitrogens with zero attached hydrogens (tertiary/aromatic N) is 2. The molecule has 1 aliphatic rings. The SMILES string of the molecule is CCc1ccc2c(c1)/C(=N/O)CCN2C. The molecule has 0 aliphatic carbocycles. The monoisotopic (exact) mass is 204 g/mol. The molecule has 0 amide bonds. The van der Waals surface area contributed by atoms with Gasteiger partial charge in [0.05, 0.1) is 5.71 Å². The Morgan fingerprint density at radius 3 is 2.93 bits per heavy atom. The van der Waals surface area contributed by atoms with Gasteiger partial charge in [0.15, 0.2) is 0 Å². The highest BCUT2D eigenvalue weighted by molar-refractivity contribution is 6.06. The highest BCUT2D eigenvalue weighted by atomic mass is 16.4. The van der Waals surface area contributed by atoms with Gasteiger partial charge in [-0.2, -0.15) is 0 Å². The minimum atomic E-state index is 0.804. The average molecular weight is 204 g/mol. The lowest BCUT2D eigenvalue weighted by molar-refractivity contribution is 0.318. The van der Waals surface area contributed by atoms with E-state index in [9.17, 15) is 0 Å². The van der Waals surface area contributed by atoms with E-state index in [4.69, 9.17) is 5.21 Å². The Morgan fingerprint density at radius 1 is 1.47 bits per heavy atom. The fraction of sp³-hybridized carbons (Fsp3) is 0.417. The second kappa shape index (κ2) is 3.93. The van der Waals surface area contributed by atoms with Crippen molar-refractivity contribution >= 4 is 11.4 Å². The minimum absolute atomic E-state index is 0.804. The Balaban J connectivity index is 2.53. The number of benzene rings is 1. The predicted octanol–water partition coefficient (Wildman–Crippen LogP) is 2.27. The molecule has 1 aliphatic heterocycles. The van der Waals surface area contributed by atoms with Gasteiger partial charge in [-0.25, -0.2) is 0 Å². The van der Waals surface area contributed by atoms with Crippen molar-refractivity contribution in [2.45, 2.75) is 19.8 Å². The standard InChI is InChI=1S/C12H16N2O/c1-3-9-4-5-12-10(8-9)11(13-15)6-7-14(12)2/h4-5,8,15H,3,6-7H2,1-2H3/b13-11+. The van der Waals surface area contributed by atoms with Crippen molar-refractivity contribution in [3.05, 3.63) is 29.3 Å². The van der Waals surface area contributed by atoms with Gasteiger partial charge < -0.3 is 10.1 Å². The Kier molecular flexibility index (Phi) is 2.62. The maximum absolute atomic E-state index is 8.96. The molecule has 2 rings (SSSR count). The van der Waals surface area contributed by atoms with Gasteiger partial charge in [0.2, 0.25) is 0 Å². The number of rotatable bonds is 1. The molecule has 1 aromatic carbocycles. The van der Waals surface area contributed by atoms with E-state index in [2.05, 4.69) is 42.2 Å². The van der Waals surface area contributed by atoms with E-state index in [0.29, 0.717) is 0 Å². The molecule has 0 spiro atoms. The molecule has 0 aromatic heterocycles. The van der Waals surface area contributed by atoms with E-state index in [1.54, 1.807) is 0 Å². The zero-order valence-electron chi connectivity index (χ0n) is 9.20. The summed E-state index contributed by atoms with van der Waals surface area (Å²) >= 11 is 0. The Labute approximate surface area is 90.0 Å². The van der Waals surface area contributed by atoms with Crippen molar-refractivity contribution in [2.24, 2.45) is 5.16 Å². The van der Waals surface area contributed by atoms with E-state index in [1.807, 2.05) is 0 Å². The quantitative estimate of drug-likeness (QED) is 0.562. The van der Waals surface area contributed by atoms with Crippen LogP contribution in [0.4, 0.5) is 5.69 Å². The second-order valence-electron chi connectivity index (χ2n) is 3.92. The minimum Gasteiger partial charge on any atom is -0.411 e. The van der Waals surface area contributed by atoms with E-state index < -0.39 is 0 Å². The third-order valence-electron chi connectivity index (χ3n) is 3.00. The molecule has 15 heavy (non-hydrogen) atoms. The molecule has 0 saturated heterocycles. The van der Waals surface area contributed by atoms with Crippen LogP contribution >= 0.6 is 0 Å². The number of aryl methyl sites for hydroxylation is 1. The third-order valence-corrected chi connectivity index (χ3v) is 3.00. The smallest absolute Gasteiger partial charge is 0.0906 e. The first-order chi connectivity index (χ1) is 7.26. The first-order valence-corrected chi connectivity index (χ1v) is 5.31. The zero-order valence-corrected chi connectivity index (χ0v) is 9.20. The average Bonchev–Trinajstić information content (AvgIpc) is 2.29. The van der Waals surface area contributed by atoms with Gasteiger partial charge in [0.1, 0.15) is 0 Å².